The van der Waals surface area contributed by atoms with Crippen molar-refractivity contribution < 1.29 is 4.79 Å². The van der Waals surface area contributed by atoms with E-state index in [0.717, 1.165) is 10.4 Å². The van der Waals surface area contributed by atoms with Gasteiger partial charge in [0.05, 0.1) is 4.88 Å². The van der Waals surface area contributed by atoms with E-state index in [1.807, 2.05) is 32.0 Å². The third-order valence-corrected chi connectivity index (χ3v) is 3.94. The molecule has 0 aromatic carbocycles. The van der Waals surface area contributed by atoms with Crippen molar-refractivity contribution in [1.82, 2.24) is 4.98 Å². The topological polar surface area (TPSA) is 42.0 Å². The predicted octanol–water partition coefficient (Wildman–Crippen LogP) is 3.77. The number of hydrogen-bond acceptors (Lipinski definition) is 3. The second-order valence-electron chi connectivity index (χ2n) is 3.65. The molecule has 0 aliphatic carbocycles. The lowest BCUT2D eigenvalue weighted by atomic mass is 10.3. The quantitative estimate of drug-likeness (QED) is 0.858. The van der Waals surface area contributed by atoms with Crippen LogP contribution in [0.3, 0.4) is 0 Å². The minimum absolute atomic E-state index is 0.114. The van der Waals surface area contributed by atoms with Gasteiger partial charge in [-0.2, -0.15) is 0 Å². The molecule has 0 fully saturated rings. The number of carbonyl (C=O) groups is 1. The highest BCUT2D eigenvalue weighted by molar-refractivity contribution is 9.10. The number of nitrogens with one attached hydrogen (secondary N) is 1. The first-order valence-corrected chi connectivity index (χ1v) is 6.68. The van der Waals surface area contributed by atoms with Gasteiger partial charge in [-0.1, -0.05) is 6.07 Å². The number of rotatable bonds is 2. The summed E-state index contributed by atoms with van der Waals surface area (Å²) in [7, 11) is 0. The molecule has 0 aliphatic rings. The number of amides is 1. The maximum atomic E-state index is 11.9. The summed E-state index contributed by atoms with van der Waals surface area (Å²) in [5, 5.41) is 2.77. The highest BCUT2D eigenvalue weighted by Crippen LogP contribution is 2.21. The van der Waals surface area contributed by atoms with Crippen molar-refractivity contribution in [2.45, 2.75) is 13.8 Å². The molecule has 2 rings (SSSR count). The van der Waals surface area contributed by atoms with Gasteiger partial charge in [-0.15, -0.1) is 11.3 Å². The highest BCUT2D eigenvalue weighted by atomic mass is 79.9. The fourth-order valence-corrected chi connectivity index (χ4v) is 2.61. The van der Waals surface area contributed by atoms with Crippen LogP contribution in [0.15, 0.2) is 28.9 Å². The third-order valence-electron chi connectivity index (χ3n) is 2.35. The fraction of sp³-hybridized carbons (Fsp3) is 0.167. The van der Waals surface area contributed by atoms with Gasteiger partial charge in [-0.25, -0.2) is 4.98 Å². The van der Waals surface area contributed by atoms with Crippen LogP contribution in [0.25, 0.3) is 0 Å². The molecule has 1 N–H and O–H groups in total. The van der Waals surface area contributed by atoms with Crippen LogP contribution in [0.5, 0.6) is 0 Å². The smallest absolute Gasteiger partial charge is 0.266 e. The molecule has 0 aliphatic heterocycles. The van der Waals surface area contributed by atoms with E-state index in [9.17, 15) is 4.79 Å². The van der Waals surface area contributed by atoms with Crippen LogP contribution in [-0.2, 0) is 0 Å². The number of thiophene rings is 1. The van der Waals surface area contributed by atoms with Crippen molar-refractivity contribution in [3.63, 3.8) is 0 Å². The lowest BCUT2D eigenvalue weighted by Crippen LogP contribution is -2.11. The first kappa shape index (κ1) is 12.3. The van der Waals surface area contributed by atoms with Gasteiger partial charge in [0, 0.05) is 4.88 Å². The van der Waals surface area contributed by atoms with E-state index in [-0.39, 0.29) is 5.91 Å². The van der Waals surface area contributed by atoms with Gasteiger partial charge in [0.15, 0.2) is 0 Å². The SMILES string of the molecule is Cc1cc(C(=O)Nc2cccc(Br)n2)sc1C. The van der Waals surface area contributed by atoms with Crippen LogP contribution in [0, 0.1) is 13.8 Å². The molecular formula is C12H11BrN2OS. The standard InChI is InChI=1S/C12H11BrN2OS/c1-7-6-9(17-8(7)2)12(16)15-11-5-3-4-10(13)14-11/h3-6H,1-2H3,(H,14,15,16). The van der Waals surface area contributed by atoms with Gasteiger partial charge in [-0.05, 0) is 53.5 Å². The molecule has 0 unspecified atom stereocenters. The molecule has 0 bridgehead atoms. The number of halogens is 1. The summed E-state index contributed by atoms with van der Waals surface area (Å²) in [5.41, 5.74) is 1.14. The molecule has 2 heterocycles. The first-order chi connectivity index (χ1) is 8.06. The predicted molar refractivity (Wildman–Crippen MR) is 73.7 cm³/mol. The minimum Gasteiger partial charge on any atom is -0.306 e. The van der Waals surface area contributed by atoms with Crippen LogP contribution >= 0.6 is 27.3 Å². The normalized spacial score (nSPS) is 10.3. The zero-order valence-corrected chi connectivity index (χ0v) is 11.9. The average Bonchev–Trinajstić information content (AvgIpc) is 2.59. The van der Waals surface area contributed by atoms with Crippen LogP contribution < -0.4 is 5.32 Å². The molecule has 2 aromatic rings. The lowest BCUT2D eigenvalue weighted by Gasteiger charge is -2.02. The van der Waals surface area contributed by atoms with E-state index >= 15 is 0 Å². The van der Waals surface area contributed by atoms with E-state index in [2.05, 4.69) is 26.2 Å². The van der Waals surface area contributed by atoms with E-state index < -0.39 is 0 Å². The third kappa shape index (κ3) is 2.92. The number of aromatic nitrogens is 1. The lowest BCUT2D eigenvalue weighted by molar-refractivity contribution is 0.103. The minimum atomic E-state index is -0.114. The zero-order valence-electron chi connectivity index (χ0n) is 9.45. The van der Waals surface area contributed by atoms with Gasteiger partial charge in [-0.3, -0.25) is 4.79 Å². The largest absolute Gasteiger partial charge is 0.306 e. The van der Waals surface area contributed by atoms with E-state index in [0.29, 0.717) is 15.3 Å². The Hall–Kier alpha value is -1.20. The monoisotopic (exact) mass is 310 g/mol. The fourth-order valence-electron chi connectivity index (χ4n) is 1.34. The molecule has 1 amide bonds. The van der Waals surface area contributed by atoms with Gasteiger partial charge < -0.3 is 5.32 Å². The first-order valence-electron chi connectivity index (χ1n) is 5.07. The van der Waals surface area contributed by atoms with Crippen LogP contribution in [-0.4, -0.2) is 10.9 Å². The summed E-state index contributed by atoms with van der Waals surface area (Å²) in [6.07, 6.45) is 0. The number of pyridine rings is 1. The Morgan fingerprint density at radius 3 is 2.76 bits per heavy atom. The molecule has 5 heteroatoms. The summed E-state index contributed by atoms with van der Waals surface area (Å²) >= 11 is 4.76. The Kier molecular flexibility index (Phi) is 3.59. The molecular weight excluding hydrogens is 300 g/mol. The summed E-state index contributed by atoms with van der Waals surface area (Å²) in [4.78, 5) is 18.0. The molecule has 88 valence electrons. The zero-order chi connectivity index (χ0) is 12.4. The second-order valence-corrected chi connectivity index (χ2v) is 5.72. The van der Waals surface area contributed by atoms with E-state index in [4.69, 9.17) is 0 Å². The second kappa shape index (κ2) is 4.98. The van der Waals surface area contributed by atoms with E-state index in [1.54, 1.807) is 6.07 Å². The Balaban J connectivity index is 2.17. The molecule has 2 aromatic heterocycles. The van der Waals surface area contributed by atoms with Crippen molar-refractivity contribution in [2.24, 2.45) is 0 Å². The van der Waals surface area contributed by atoms with Crippen LogP contribution in [0.4, 0.5) is 5.82 Å². The number of hydrogen-bond donors (Lipinski definition) is 1. The Morgan fingerprint density at radius 1 is 1.41 bits per heavy atom. The van der Waals surface area contributed by atoms with Gasteiger partial charge >= 0.3 is 0 Å². The average molecular weight is 311 g/mol. The number of nitrogens with zero attached hydrogens (tertiary/aromatic N) is 1. The van der Waals surface area contributed by atoms with Crippen molar-refractivity contribution in [3.8, 4) is 0 Å². The molecule has 3 nitrogen and oxygen atoms in total. The van der Waals surface area contributed by atoms with E-state index in [1.165, 1.54) is 11.3 Å². The Morgan fingerprint density at radius 2 is 2.18 bits per heavy atom. The Bertz CT molecular complexity index is 546. The van der Waals surface area contributed by atoms with Crippen LogP contribution in [0.1, 0.15) is 20.1 Å². The molecule has 0 radical (unpaired) electrons. The summed E-state index contributed by atoms with van der Waals surface area (Å²) in [5.74, 6) is 0.435. The van der Waals surface area contributed by atoms with Crippen molar-refractivity contribution in [3.05, 3.63) is 44.2 Å². The molecule has 17 heavy (non-hydrogen) atoms. The number of anilines is 1. The van der Waals surface area contributed by atoms with Gasteiger partial charge in [0.2, 0.25) is 0 Å². The Labute approximate surface area is 112 Å². The van der Waals surface area contributed by atoms with Crippen molar-refractivity contribution in [1.29, 1.82) is 0 Å². The van der Waals surface area contributed by atoms with Crippen molar-refractivity contribution >= 4 is 39.0 Å². The summed E-state index contributed by atoms with van der Waals surface area (Å²) in [6, 6.07) is 7.30. The van der Waals surface area contributed by atoms with Crippen molar-refractivity contribution in [2.75, 3.05) is 5.32 Å². The maximum Gasteiger partial charge on any atom is 0.266 e. The summed E-state index contributed by atoms with van der Waals surface area (Å²) in [6.45, 7) is 4.01. The summed E-state index contributed by atoms with van der Waals surface area (Å²) < 4.78 is 0.703. The maximum absolute atomic E-state index is 11.9. The van der Waals surface area contributed by atoms with Crippen LogP contribution in [0.2, 0.25) is 0 Å². The molecule has 0 spiro atoms. The molecule has 0 saturated carbocycles. The highest BCUT2D eigenvalue weighted by Gasteiger charge is 2.11. The number of carbonyl (C=O) groups excluding carboxylic acids is 1. The van der Waals surface area contributed by atoms with Gasteiger partial charge in [0.1, 0.15) is 10.4 Å². The van der Waals surface area contributed by atoms with Gasteiger partial charge in [0.25, 0.3) is 5.91 Å². The number of aryl methyl sites for hydroxylation is 2. The molecule has 0 atom stereocenters. The molecule has 0 saturated heterocycles.